The smallest absolute Gasteiger partial charge is 0.182 e. The Hall–Kier alpha value is -3.17. The molecular formula is C23H15ClFNO. The SMILES string of the molecule is O=c1cc(-c2ccccc2F)n(-c2ccccc2)c(-c2ccccc2Cl)c1. The molecule has 1 heterocycles. The predicted octanol–water partition coefficient (Wildman–Crippen LogP) is 5.96. The van der Waals surface area contributed by atoms with E-state index in [-0.39, 0.29) is 5.43 Å². The average Bonchev–Trinajstić information content (AvgIpc) is 2.69. The summed E-state index contributed by atoms with van der Waals surface area (Å²) in [5.74, 6) is -0.391. The maximum Gasteiger partial charge on any atom is 0.182 e. The zero-order chi connectivity index (χ0) is 18.8. The normalized spacial score (nSPS) is 10.7. The Bertz CT molecular complexity index is 1100. The van der Waals surface area contributed by atoms with E-state index in [1.807, 2.05) is 53.1 Å². The minimum Gasteiger partial charge on any atom is -0.309 e. The van der Waals surface area contributed by atoms with E-state index < -0.39 is 5.82 Å². The van der Waals surface area contributed by atoms with E-state index in [0.29, 0.717) is 27.5 Å². The van der Waals surface area contributed by atoms with Crippen LogP contribution in [-0.4, -0.2) is 4.57 Å². The summed E-state index contributed by atoms with van der Waals surface area (Å²) in [7, 11) is 0. The quantitative estimate of drug-likeness (QED) is 0.432. The van der Waals surface area contributed by atoms with E-state index in [9.17, 15) is 9.18 Å². The summed E-state index contributed by atoms with van der Waals surface area (Å²) >= 11 is 6.41. The Kier molecular flexibility index (Phi) is 4.61. The minimum absolute atomic E-state index is 0.213. The molecule has 0 aliphatic heterocycles. The zero-order valence-electron chi connectivity index (χ0n) is 14.3. The van der Waals surface area contributed by atoms with Crippen LogP contribution in [0.1, 0.15) is 0 Å². The molecule has 0 saturated carbocycles. The fourth-order valence-electron chi connectivity index (χ4n) is 3.16. The molecule has 1 aromatic heterocycles. The third-order valence-electron chi connectivity index (χ3n) is 4.35. The van der Waals surface area contributed by atoms with Crippen LogP contribution in [0.15, 0.2) is 95.8 Å². The zero-order valence-corrected chi connectivity index (χ0v) is 15.0. The second kappa shape index (κ2) is 7.22. The molecule has 0 fully saturated rings. The van der Waals surface area contributed by atoms with E-state index in [0.717, 1.165) is 5.69 Å². The van der Waals surface area contributed by atoms with Gasteiger partial charge in [-0.3, -0.25) is 4.79 Å². The van der Waals surface area contributed by atoms with Gasteiger partial charge in [-0.1, -0.05) is 60.1 Å². The second-order valence-corrected chi connectivity index (χ2v) is 6.50. The number of para-hydroxylation sites is 1. The van der Waals surface area contributed by atoms with Crippen LogP contribution < -0.4 is 5.43 Å². The van der Waals surface area contributed by atoms with Gasteiger partial charge < -0.3 is 4.57 Å². The number of benzene rings is 3. The number of nitrogens with zero attached hydrogens (tertiary/aromatic N) is 1. The van der Waals surface area contributed by atoms with Crippen molar-refractivity contribution in [3.8, 4) is 28.2 Å². The molecule has 27 heavy (non-hydrogen) atoms. The predicted molar refractivity (Wildman–Crippen MR) is 108 cm³/mol. The van der Waals surface area contributed by atoms with Crippen molar-refractivity contribution in [2.45, 2.75) is 0 Å². The molecule has 0 amide bonds. The first-order valence-corrected chi connectivity index (χ1v) is 8.85. The molecule has 3 aromatic carbocycles. The van der Waals surface area contributed by atoms with Gasteiger partial charge in [-0.15, -0.1) is 0 Å². The molecule has 4 rings (SSSR count). The van der Waals surface area contributed by atoms with Gasteiger partial charge in [0.2, 0.25) is 0 Å². The lowest BCUT2D eigenvalue weighted by Crippen LogP contribution is -2.12. The largest absolute Gasteiger partial charge is 0.309 e. The molecule has 0 N–H and O–H groups in total. The van der Waals surface area contributed by atoms with Crippen LogP contribution in [0, 0.1) is 5.82 Å². The molecule has 0 aliphatic carbocycles. The molecule has 0 atom stereocenters. The van der Waals surface area contributed by atoms with Crippen molar-refractivity contribution in [1.82, 2.24) is 4.57 Å². The van der Waals surface area contributed by atoms with E-state index in [1.54, 1.807) is 24.3 Å². The van der Waals surface area contributed by atoms with Crippen molar-refractivity contribution in [2.75, 3.05) is 0 Å². The van der Waals surface area contributed by atoms with Crippen molar-refractivity contribution in [3.63, 3.8) is 0 Å². The summed E-state index contributed by atoms with van der Waals surface area (Å²) in [6, 6.07) is 26.2. The molecule has 4 heteroatoms. The summed E-state index contributed by atoms with van der Waals surface area (Å²) in [4.78, 5) is 12.5. The molecule has 0 aliphatic rings. The van der Waals surface area contributed by atoms with Crippen molar-refractivity contribution in [2.24, 2.45) is 0 Å². The van der Waals surface area contributed by atoms with Gasteiger partial charge in [0.1, 0.15) is 5.82 Å². The van der Waals surface area contributed by atoms with Crippen molar-refractivity contribution < 1.29 is 4.39 Å². The molecular weight excluding hydrogens is 361 g/mol. The summed E-state index contributed by atoms with van der Waals surface area (Å²) in [6.07, 6.45) is 0. The van der Waals surface area contributed by atoms with Gasteiger partial charge in [-0.05, 0) is 30.3 Å². The second-order valence-electron chi connectivity index (χ2n) is 6.09. The Morgan fingerprint density at radius 3 is 1.93 bits per heavy atom. The molecule has 132 valence electrons. The topological polar surface area (TPSA) is 22.0 Å². The third kappa shape index (κ3) is 3.29. The number of aromatic nitrogens is 1. The molecule has 0 saturated heterocycles. The fraction of sp³-hybridized carbons (Fsp3) is 0. The van der Waals surface area contributed by atoms with Crippen molar-refractivity contribution in [1.29, 1.82) is 0 Å². The van der Waals surface area contributed by atoms with Crippen LogP contribution in [-0.2, 0) is 0 Å². The lowest BCUT2D eigenvalue weighted by atomic mass is 10.0. The molecule has 2 nitrogen and oxygen atoms in total. The molecule has 0 spiro atoms. The van der Waals surface area contributed by atoms with Gasteiger partial charge in [0.25, 0.3) is 0 Å². The Morgan fingerprint density at radius 1 is 0.704 bits per heavy atom. The fourth-order valence-corrected chi connectivity index (χ4v) is 3.39. The molecule has 0 radical (unpaired) electrons. The highest BCUT2D eigenvalue weighted by Crippen LogP contribution is 2.33. The molecule has 0 unspecified atom stereocenters. The van der Waals surface area contributed by atoms with Gasteiger partial charge in [-0.2, -0.15) is 0 Å². The van der Waals surface area contributed by atoms with Crippen LogP contribution in [0.5, 0.6) is 0 Å². The van der Waals surface area contributed by atoms with Crippen LogP contribution in [0.2, 0.25) is 5.02 Å². The van der Waals surface area contributed by atoms with Gasteiger partial charge in [-0.25, -0.2) is 4.39 Å². The van der Waals surface area contributed by atoms with E-state index in [2.05, 4.69) is 0 Å². The minimum atomic E-state index is -0.391. The Morgan fingerprint density at radius 2 is 1.26 bits per heavy atom. The first-order chi connectivity index (χ1) is 13.1. The molecule has 4 aromatic rings. The number of halogens is 2. The standard InChI is InChI=1S/C23H15ClFNO/c24-20-12-6-4-10-18(20)22-14-17(27)15-23(19-11-5-7-13-21(19)25)26(22)16-8-2-1-3-9-16/h1-15H. The number of pyridine rings is 1. The first-order valence-electron chi connectivity index (χ1n) is 8.47. The number of hydrogen-bond acceptors (Lipinski definition) is 1. The monoisotopic (exact) mass is 375 g/mol. The highest BCUT2D eigenvalue weighted by molar-refractivity contribution is 6.33. The highest BCUT2D eigenvalue weighted by Gasteiger charge is 2.17. The Balaban J connectivity index is 2.13. The van der Waals surface area contributed by atoms with E-state index in [4.69, 9.17) is 11.6 Å². The van der Waals surface area contributed by atoms with Crippen LogP contribution in [0.25, 0.3) is 28.2 Å². The number of rotatable bonds is 3. The summed E-state index contributed by atoms with van der Waals surface area (Å²) in [5, 5.41) is 0.521. The van der Waals surface area contributed by atoms with Crippen molar-refractivity contribution in [3.05, 3.63) is 112 Å². The number of hydrogen-bond donors (Lipinski definition) is 0. The summed E-state index contributed by atoms with van der Waals surface area (Å²) in [6.45, 7) is 0. The summed E-state index contributed by atoms with van der Waals surface area (Å²) < 4.78 is 16.4. The van der Waals surface area contributed by atoms with E-state index in [1.165, 1.54) is 18.2 Å². The van der Waals surface area contributed by atoms with Crippen LogP contribution in [0.4, 0.5) is 4.39 Å². The maximum atomic E-state index is 14.6. The van der Waals surface area contributed by atoms with Crippen LogP contribution >= 0.6 is 11.6 Å². The van der Waals surface area contributed by atoms with Gasteiger partial charge >= 0.3 is 0 Å². The molecule has 0 bridgehead atoms. The van der Waals surface area contributed by atoms with E-state index >= 15 is 0 Å². The van der Waals surface area contributed by atoms with Crippen LogP contribution in [0.3, 0.4) is 0 Å². The lowest BCUT2D eigenvalue weighted by molar-refractivity contribution is 0.630. The lowest BCUT2D eigenvalue weighted by Gasteiger charge is -2.20. The van der Waals surface area contributed by atoms with Gasteiger partial charge in [0.05, 0.1) is 11.4 Å². The maximum absolute atomic E-state index is 14.6. The summed E-state index contributed by atoms with van der Waals surface area (Å²) in [5.41, 5.74) is 2.74. The van der Waals surface area contributed by atoms with Gasteiger partial charge in [0, 0.05) is 34.0 Å². The van der Waals surface area contributed by atoms with Gasteiger partial charge in [0.15, 0.2) is 5.43 Å². The Labute approximate surface area is 161 Å². The first kappa shape index (κ1) is 17.3. The average molecular weight is 376 g/mol. The highest BCUT2D eigenvalue weighted by atomic mass is 35.5. The third-order valence-corrected chi connectivity index (χ3v) is 4.68. The van der Waals surface area contributed by atoms with Crippen molar-refractivity contribution >= 4 is 11.6 Å².